The van der Waals surface area contributed by atoms with Gasteiger partial charge in [-0.25, -0.2) is 0 Å². The topological polar surface area (TPSA) is 40.5 Å². The molecule has 0 radical (unpaired) electrons. The van der Waals surface area contributed by atoms with Gasteiger partial charge in [0.05, 0.1) is 5.60 Å². The third kappa shape index (κ3) is 2.95. The quantitative estimate of drug-likeness (QED) is 0.871. The second kappa shape index (κ2) is 6.25. The van der Waals surface area contributed by atoms with Gasteiger partial charge < -0.3 is 10.0 Å². The maximum atomic E-state index is 12.4. The summed E-state index contributed by atoms with van der Waals surface area (Å²) < 4.78 is 0. The summed E-state index contributed by atoms with van der Waals surface area (Å²) in [5, 5.41) is 10.8. The van der Waals surface area contributed by atoms with Crippen molar-refractivity contribution in [2.45, 2.75) is 38.2 Å². The maximum Gasteiger partial charge on any atom is 0.246 e. The van der Waals surface area contributed by atoms with E-state index < -0.39 is 5.60 Å². The van der Waals surface area contributed by atoms with Gasteiger partial charge in [0.25, 0.3) is 0 Å². The van der Waals surface area contributed by atoms with E-state index in [2.05, 4.69) is 6.92 Å². The standard InChI is InChI=1S/C19H25NO2/c1-2-19(22)12-6-9-16-13-20(14-17(16)19)18(21)11-10-15-7-4-3-5-8-15/h3-5,7-8,10-11,16-17,22H,2,6,9,12-14H2,1H3/b11-10+/t16-,17+,19-/m1/s1. The number of hydrogen-bond acceptors (Lipinski definition) is 2. The Bertz CT molecular complexity index is 554. The normalized spacial score (nSPS) is 31.5. The van der Waals surface area contributed by atoms with Crippen LogP contribution in [0.4, 0.5) is 0 Å². The molecule has 3 heteroatoms. The largest absolute Gasteiger partial charge is 0.390 e. The van der Waals surface area contributed by atoms with Crippen LogP contribution in [0.5, 0.6) is 0 Å². The summed E-state index contributed by atoms with van der Waals surface area (Å²) in [4.78, 5) is 14.3. The van der Waals surface area contributed by atoms with Gasteiger partial charge in [0, 0.05) is 25.1 Å². The lowest BCUT2D eigenvalue weighted by atomic mass is 9.69. The van der Waals surface area contributed by atoms with Crippen LogP contribution in [0.15, 0.2) is 36.4 Å². The number of aliphatic hydroxyl groups is 1. The highest BCUT2D eigenvalue weighted by atomic mass is 16.3. The highest BCUT2D eigenvalue weighted by Crippen LogP contribution is 2.44. The third-order valence-electron chi connectivity index (χ3n) is 5.46. The molecule has 22 heavy (non-hydrogen) atoms. The third-order valence-corrected chi connectivity index (χ3v) is 5.46. The first-order valence-corrected chi connectivity index (χ1v) is 8.37. The molecule has 1 amide bonds. The summed E-state index contributed by atoms with van der Waals surface area (Å²) in [5.41, 5.74) is 0.471. The van der Waals surface area contributed by atoms with E-state index in [0.29, 0.717) is 12.5 Å². The molecule has 1 aliphatic heterocycles. The zero-order valence-corrected chi connectivity index (χ0v) is 13.2. The van der Waals surface area contributed by atoms with Crippen molar-refractivity contribution in [3.63, 3.8) is 0 Å². The molecule has 1 heterocycles. The summed E-state index contributed by atoms with van der Waals surface area (Å²) >= 11 is 0. The summed E-state index contributed by atoms with van der Waals surface area (Å²) in [5.74, 6) is 0.782. The molecule has 118 valence electrons. The van der Waals surface area contributed by atoms with Crippen LogP contribution in [0.2, 0.25) is 0 Å². The first kappa shape index (κ1) is 15.3. The number of carbonyl (C=O) groups excluding carboxylic acids is 1. The van der Waals surface area contributed by atoms with Crippen molar-refractivity contribution in [2.75, 3.05) is 13.1 Å². The number of fused-ring (bicyclic) bond motifs is 1. The highest BCUT2D eigenvalue weighted by molar-refractivity contribution is 5.92. The molecule has 2 fully saturated rings. The molecule has 0 bridgehead atoms. The van der Waals surface area contributed by atoms with Crippen molar-refractivity contribution in [3.05, 3.63) is 42.0 Å². The number of hydrogen-bond donors (Lipinski definition) is 1. The predicted octanol–water partition coefficient (Wildman–Crippen LogP) is 3.10. The van der Waals surface area contributed by atoms with Crippen LogP contribution >= 0.6 is 0 Å². The number of rotatable bonds is 3. The van der Waals surface area contributed by atoms with Crippen molar-refractivity contribution in [1.82, 2.24) is 4.90 Å². The Labute approximate surface area is 132 Å². The predicted molar refractivity (Wildman–Crippen MR) is 88.1 cm³/mol. The van der Waals surface area contributed by atoms with Crippen LogP contribution in [0.25, 0.3) is 6.08 Å². The summed E-state index contributed by atoms with van der Waals surface area (Å²) in [7, 11) is 0. The molecule has 0 aromatic heterocycles. The Morgan fingerprint density at radius 1 is 1.36 bits per heavy atom. The Balaban J connectivity index is 1.67. The Morgan fingerprint density at radius 3 is 2.86 bits per heavy atom. The molecule has 0 unspecified atom stereocenters. The molecule has 3 atom stereocenters. The van der Waals surface area contributed by atoms with Gasteiger partial charge in [-0.1, -0.05) is 43.7 Å². The lowest BCUT2D eigenvalue weighted by Crippen LogP contribution is -2.44. The molecular formula is C19H25NO2. The summed E-state index contributed by atoms with van der Waals surface area (Å²) in [6.07, 6.45) is 7.42. The van der Waals surface area contributed by atoms with Crippen LogP contribution in [-0.2, 0) is 4.79 Å². The van der Waals surface area contributed by atoms with Crippen LogP contribution in [0, 0.1) is 11.8 Å². The maximum absolute atomic E-state index is 12.4. The molecule has 3 nitrogen and oxygen atoms in total. The van der Waals surface area contributed by atoms with E-state index in [9.17, 15) is 9.90 Å². The molecule has 1 saturated carbocycles. The first-order valence-electron chi connectivity index (χ1n) is 8.37. The number of nitrogens with zero attached hydrogens (tertiary/aromatic N) is 1. The van der Waals surface area contributed by atoms with E-state index in [0.717, 1.165) is 37.8 Å². The first-order chi connectivity index (χ1) is 10.6. The van der Waals surface area contributed by atoms with Gasteiger partial charge in [-0.05, 0) is 36.8 Å². The monoisotopic (exact) mass is 299 g/mol. The molecule has 1 aromatic carbocycles. The summed E-state index contributed by atoms with van der Waals surface area (Å²) in [6.45, 7) is 3.56. The van der Waals surface area contributed by atoms with E-state index in [-0.39, 0.29) is 11.8 Å². The fourth-order valence-corrected chi connectivity index (χ4v) is 4.08. The average molecular weight is 299 g/mol. The zero-order chi connectivity index (χ0) is 15.6. The highest BCUT2D eigenvalue weighted by Gasteiger charge is 2.48. The van der Waals surface area contributed by atoms with Crippen molar-refractivity contribution in [2.24, 2.45) is 11.8 Å². The number of carbonyl (C=O) groups is 1. The van der Waals surface area contributed by atoms with Gasteiger partial charge in [-0.15, -0.1) is 0 Å². The van der Waals surface area contributed by atoms with E-state index in [1.54, 1.807) is 6.08 Å². The molecular weight excluding hydrogens is 274 g/mol. The van der Waals surface area contributed by atoms with Gasteiger partial charge in [-0.2, -0.15) is 0 Å². The molecule has 1 saturated heterocycles. The number of likely N-dealkylation sites (tertiary alicyclic amines) is 1. The van der Waals surface area contributed by atoms with E-state index >= 15 is 0 Å². The Kier molecular flexibility index (Phi) is 4.34. The number of benzene rings is 1. The molecule has 0 spiro atoms. The van der Waals surface area contributed by atoms with E-state index in [1.165, 1.54) is 0 Å². The molecule has 1 aromatic rings. The smallest absolute Gasteiger partial charge is 0.246 e. The zero-order valence-electron chi connectivity index (χ0n) is 13.2. The molecule has 1 aliphatic carbocycles. The fourth-order valence-electron chi connectivity index (χ4n) is 4.08. The second-order valence-corrected chi connectivity index (χ2v) is 6.70. The Hall–Kier alpha value is -1.61. The second-order valence-electron chi connectivity index (χ2n) is 6.70. The minimum absolute atomic E-state index is 0.0664. The van der Waals surface area contributed by atoms with Gasteiger partial charge >= 0.3 is 0 Å². The Morgan fingerprint density at radius 2 is 2.14 bits per heavy atom. The van der Waals surface area contributed by atoms with Crippen LogP contribution in [0.3, 0.4) is 0 Å². The summed E-state index contributed by atoms with van der Waals surface area (Å²) in [6, 6.07) is 9.88. The van der Waals surface area contributed by atoms with Gasteiger partial charge in [-0.3, -0.25) is 4.79 Å². The lowest BCUT2D eigenvalue weighted by Gasteiger charge is -2.40. The van der Waals surface area contributed by atoms with Crippen molar-refractivity contribution < 1.29 is 9.90 Å². The van der Waals surface area contributed by atoms with Crippen molar-refractivity contribution in [1.29, 1.82) is 0 Å². The SMILES string of the molecule is CC[C@@]1(O)CCC[C@@H]2CN(C(=O)/C=C/c3ccccc3)C[C@@H]21. The molecule has 2 aliphatic rings. The molecule has 3 rings (SSSR count). The lowest BCUT2D eigenvalue weighted by molar-refractivity contribution is -0.125. The number of amides is 1. The van der Waals surface area contributed by atoms with Crippen LogP contribution < -0.4 is 0 Å². The minimum atomic E-state index is -0.568. The minimum Gasteiger partial charge on any atom is -0.390 e. The van der Waals surface area contributed by atoms with Gasteiger partial charge in [0.2, 0.25) is 5.91 Å². The van der Waals surface area contributed by atoms with E-state index in [1.807, 2.05) is 41.3 Å². The van der Waals surface area contributed by atoms with Crippen molar-refractivity contribution >= 4 is 12.0 Å². The van der Waals surface area contributed by atoms with E-state index in [4.69, 9.17) is 0 Å². The van der Waals surface area contributed by atoms with Crippen LogP contribution in [-0.4, -0.2) is 34.6 Å². The van der Waals surface area contributed by atoms with Crippen molar-refractivity contribution in [3.8, 4) is 0 Å². The van der Waals surface area contributed by atoms with Gasteiger partial charge in [0.15, 0.2) is 0 Å². The molecule has 1 N–H and O–H groups in total. The average Bonchev–Trinajstić information content (AvgIpc) is 3.00. The fraction of sp³-hybridized carbons (Fsp3) is 0.526. The van der Waals surface area contributed by atoms with Crippen LogP contribution in [0.1, 0.15) is 38.2 Å². The van der Waals surface area contributed by atoms with Gasteiger partial charge in [0.1, 0.15) is 0 Å².